The van der Waals surface area contributed by atoms with E-state index in [-0.39, 0.29) is 6.29 Å². The molecule has 0 aromatic heterocycles. The molecule has 5 N–H and O–H groups in total. The van der Waals surface area contributed by atoms with Crippen molar-refractivity contribution in [2.45, 2.75) is 19.6 Å². The number of rotatable bonds is 3. The van der Waals surface area contributed by atoms with E-state index in [2.05, 4.69) is 18.0 Å². The Kier molecular flexibility index (Phi) is 3.98. The SMILES string of the molecule is CCC[N-]C(N)[NH3+]. The highest BCUT2D eigenvalue weighted by Crippen LogP contribution is 1.85. The van der Waals surface area contributed by atoms with Crippen LogP contribution in [0.25, 0.3) is 5.32 Å². The van der Waals surface area contributed by atoms with Gasteiger partial charge >= 0.3 is 0 Å². The second-order valence-corrected chi connectivity index (χ2v) is 1.47. The van der Waals surface area contributed by atoms with Crippen LogP contribution >= 0.6 is 0 Å². The maximum atomic E-state index is 5.20. The van der Waals surface area contributed by atoms with Crippen LogP contribution in [-0.4, -0.2) is 12.8 Å². The Hall–Kier alpha value is -0.120. The van der Waals surface area contributed by atoms with Gasteiger partial charge in [0.25, 0.3) is 0 Å². The summed E-state index contributed by atoms with van der Waals surface area (Å²) in [7, 11) is 0. The van der Waals surface area contributed by atoms with Gasteiger partial charge in [-0.15, -0.1) is 6.54 Å². The second-order valence-electron chi connectivity index (χ2n) is 1.47. The Morgan fingerprint density at radius 1 is 1.86 bits per heavy atom. The summed E-state index contributed by atoms with van der Waals surface area (Å²) in [6, 6.07) is 0. The molecule has 0 saturated carbocycles. The van der Waals surface area contributed by atoms with E-state index in [1.807, 2.05) is 0 Å². The van der Waals surface area contributed by atoms with Gasteiger partial charge in [0.2, 0.25) is 0 Å². The molecule has 3 nitrogen and oxygen atoms in total. The third-order valence-electron chi connectivity index (χ3n) is 0.587. The molecule has 0 saturated heterocycles. The summed E-state index contributed by atoms with van der Waals surface area (Å²) in [5.74, 6) is 0. The lowest BCUT2D eigenvalue weighted by molar-refractivity contribution is -0.405. The van der Waals surface area contributed by atoms with Crippen LogP contribution in [0.4, 0.5) is 0 Å². The minimum Gasteiger partial charge on any atom is -0.596 e. The minimum atomic E-state index is -0.222. The standard InChI is InChI=1S/C4H12N3/c1-2-3-7-4(5)6/h4H,2-3,5-6H2,1H3/q-1/p+1. The van der Waals surface area contributed by atoms with Crippen LogP contribution in [0.1, 0.15) is 13.3 Å². The van der Waals surface area contributed by atoms with Gasteiger partial charge in [-0.05, 0) is 0 Å². The van der Waals surface area contributed by atoms with Gasteiger partial charge in [-0.25, -0.2) is 0 Å². The van der Waals surface area contributed by atoms with E-state index in [1.165, 1.54) is 0 Å². The molecule has 0 aromatic carbocycles. The summed E-state index contributed by atoms with van der Waals surface area (Å²) >= 11 is 0. The monoisotopic (exact) mass is 103 g/mol. The Bertz CT molecular complexity index is 35.9. The highest BCUT2D eigenvalue weighted by Gasteiger charge is 1.74. The Morgan fingerprint density at radius 2 is 2.43 bits per heavy atom. The molecule has 0 aliphatic carbocycles. The van der Waals surface area contributed by atoms with Crippen molar-refractivity contribution in [3.05, 3.63) is 5.32 Å². The molecule has 44 valence electrons. The van der Waals surface area contributed by atoms with Gasteiger partial charge in [0.1, 0.15) is 0 Å². The fraction of sp³-hybridized carbons (Fsp3) is 1.00. The van der Waals surface area contributed by atoms with Crippen molar-refractivity contribution in [2.75, 3.05) is 6.54 Å². The molecular formula is C4H13N3. The van der Waals surface area contributed by atoms with Crippen molar-refractivity contribution in [1.82, 2.24) is 0 Å². The molecule has 0 fully saturated rings. The topological polar surface area (TPSA) is 67.8 Å². The van der Waals surface area contributed by atoms with Crippen molar-refractivity contribution in [3.63, 3.8) is 0 Å². The first-order valence-electron chi connectivity index (χ1n) is 2.52. The van der Waals surface area contributed by atoms with Crippen LogP contribution in [0, 0.1) is 0 Å². The summed E-state index contributed by atoms with van der Waals surface area (Å²) in [5.41, 5.74) is 8.69. The maximum absolute atomic E-state index is 5.20. The number of hydrogen-bond acceptors (Lipinski definition) is 1. The number of quaternary nitrogens is 1. The van der Waals surface area contributed by atoms with Gasteiger partial charge in [0.05, 0.1) is 6.29 Å². The molecule has 0 spiro atoms. The van der Waals surface area contributed by atoms with Crippen molar-refractivity contribution in [2.24, 2.45) is 5.73 Å². The lowest BCUT2D eigenvalue weighted by Crippen LogP contribution is -2.65. The van der Waals surface area contributed by atoms with E-state index in [0.717, 1.165) is 13.0 Å². The van der Waals surface area contributed by atoms with Crippen molar-refractivity contribution >= 4 is 0 Å². The molecule has 1 unspecified atom stereocenters. The highest BCUT2D eigenvalue weighted by atomic mass is 15.1. The summed E-state index contributed by atoms with van der Waals surface area (Å²) in [6.07, 6.45) is 0.836. The predicted octanol–water partition coefficient (Wildman–Crippen LogP) is -0.746. The fourth-order valence-electron chi connectivity index (χ4n) is 0.295. The van der Waals surface area contributed by atoms with Crippen LogP contribution in [0.15, 0.2) is 0 Å². The third-order valence-corrected chi connectivity index (χ3v) is 0.587. The van der Waals surface area contributed by atoms with Gasteiger partial charge < -0.3 is 11.1 Å². The molecule has 0 radical (unpaired) electrons. The summed E-state index contributed by atoms with van der Waals surface area (Å²) in [5, 5.41) is 3.91. The van der Waals surface area contributed by atoms with Gasteiger partial charge in [-0.1, -0.05) is 13.3 Å². The zero-order chi connectivity index (χ0) is 5.70. The van der Waals surface area contributed by atoms with Gasteiger partial charge in [0.15, 0.2) is 0 Å². The van der Waals surface area contributed by atoms with Gasteiger partial charge in [-0.2, -0.15) is 0 Å². The molecule has 7 heavy (non-hydrogen) atoms. The van der Waals surface area contributed by atoms with E-state index in [0.29, 0.717) is 0 Å². The van der Waals surface area contributed by atoms with E-state index in [9.17, 15) is 0 Å². The maximum Gasteiger partial charge on any atom is 0.0531 e. The van der Waals surface area contributed by atoms with E-state index in [4.69, 9.17) is 5.73 Å². The zero-order valence-electron chi connectivity index (χ0n) is 4.72. The molecule has 0 aliphatic heterocycles. The molecule has 3 heteroatoms. The summed E-state index contributed by atoms with van der Waals surface area (Å²) in [6.45, 7) is 2.90. The van der Waals surface area contributed by atoms with Crippen LogP contribution < -0.4 is 11.5 Å². The molecule has 0 amide bonds. The first-order valence-corrected chi connectivity index (χ1v) is 2.52. The first kappa shape index (κ1) is 6.88. The van der Waals surface area contributed by atoms with E-state index in [1.54, 1.807) is 0 Å². The minimum absolute atomic E-state index is 0.222. The highest BCUT2D eigenvalue weighted by molar-refractivity contribution is 4.76. The van der Waals surface area contributed by atoms with E-state index < -0.39 is 0 Å². The quantitative estimate of drug-likeness (QED) is 0.453. The number of nitrogens with zero attached hydrogens (tertiary/aromatic N) is 1. The smallest absolute Gasteiger partial charge is 0.0531 e. The van der Waals surface area contributed by atoms with Crippen molar-refractivity contribution in [1.29, 1.82) is 0 Å². The van der Waals surface area contributed by atoms with Crippen LogP contribution in [0.5, 0.6) is 0 Å². The summed E-state index contributed by atoms with van der Waals surface area (Å²) in [4.78, 5) is 0. The van der Waals surface area contributed by atoms with Gasteiger partial charge in [0, 0.05) is 0 Å². The average molecular weight is 103 g/mol. The summed E-state index contributed by atoms with van der Waals surface area (Å²) < 4.78 is 0. The van der Waals surface area contributed by atoms with Gasteiger partial charge in [-0.3, -0.25) is 5.73 Å². The molecule has 0 aliphatic rings. The van der Waals surface area contributed by atoms with E-state index >= 15 is 0 Å². The van der Waals surface area contributed by atoms with Crippen molar-refractivity contribution in [3.8, 4) is 0 Å². The molecule has 1 atom stereocenters. The number of nitrogens with two attached hydrogens (primary N) is 1. The van der Waals surface area contributed by atoms with Crippen LogP contribution in [0.3, 0.4) is 0 Å². The fourth-order valence-corrected chi connectivity index (χ4v) is 0.295. The molecular weight excluding hydrogens is 90.1 g/mol. The largest absolute Gasteiger partial charge is 0.596 e. The van der Waals surface area contributed by atoms with Crippen LogP contribution in [0.2, 0.25) is 0 Å². The Labute approximate surface area is 44.1 Å². The zero-order valence-corrected chi connectivity index (χ0v) is 4.72. The molecule has 0 rings (SSSR count). The average Bonchev–Trinajstić information content (AvgIpc) is 1.61. The lowest BCUT2D eigenvalue weighted by Gasteiger charge is -2.17. The number of hydrogen-bond donors (Lipinski definition) is 2. The normalized spacial score (nSPS) is 14.1. The Balaban J connectivity index is 2.68. The molecule has 0 heterocycles. The third kappa shape index (κ3) is 5.88. The Morgan fingerprint density at radius 3 is 2.57 bits per heavy atom. The van der Waals surface area contributed by atoms with Crippen molar-refractivity contribution < 1.29 is 5.73 Å². The molecule has 0 bridgehead atoms. The predicted molar refractivity (Wildman–Crippen MR) is 29.4 cm³/mol. The molecule has 0 aromatic rings. The first-order chi connectivity index (χ1) is 3.27. The van der Waals surface area contributed by atoms with Crippen LogP contribution in [-0.2, 0) is 0 Å². The second kappa shape index (κ2) is 4.05. The lowest BCUT2D eigenvalue weighted by atomic mass is 10.5.